The molecule has 158 valence electrons. The standard InChI is InChI=1S/C24H34N2O3/c1-2-3-4-5-6-7-8-9-10-11-12-17-23(27)26-25-18-20-19-29-22-16-14-13-15-21(22)24(20)28/h13-16,18-19H,2-12,17H2,1H3,(H,26,27)/b25-18+. The summed E-state index contributed by atoms with van der Waals surface area (Å²) >= 11 is 0. The summed E-state index contributed by atoms with van der Waals surface area (Å²) in [5, 5.41) is 4.40. The monoisotopic (exact) mass is 398 g/mol. The van der Waals surface area contributed by atoms with Gasteiger partial charge in [0.05, 0.1) is 17.2 Å². The van der Waals surface area contributed by atoms with E-state index < -0.39 is 0 Å². The van der Waals surface area contributed by atoms with Crippen molar-refractivity contribution >= 4 is 23.1 Å². The number of hydrogen-bond donors (Lipinski definition) is 1. The Morgan fingerprint density at radius 3 is 2.28 bits per heavy atom. The minimum absolute atomic E-state index is 0.123. The molecular formula is C24H34N2O3. The van der Waals surface area contributed by atoms with Gasteiger partial charge in [0, 0.05) is 6.42 Å². The van der Waals surface area contributed by atoms with Gasteiger partial charge in [-0.25, -0.2) is 5.43 Å². The maximum Gasteiger partial charge on any atom is 0.240 e. The van der Waals surface area contributed by atoms with E-state index in [4.69, 9.17) is 4.42 Å². The first-order valence-electron chi connectivity index (χ1n) is 11.0. The fourth-order valence-electron chi connectivity index (χ4n) is 3.36. The second kappa shape index (κ2) is 13.7. The van der Waals surface area contributed by atoms with Gasteiger partial charge in [-0.05, 0) is 18.6 Å². The van der Waals surface area contributed by atoms with E-state index in [0.717, 1.165) is 12.8 Å². The Bertz CT molecular complexity index is 826. The Morgan fingerprint density at radius 1 is 0.966 bits per heavy atom. The van der Waals surface area contributed by atoms with Crippen LogP contribution < -0.4 is 10.9 Å². The molecule has 1 N–H and O–H groups in total. The molecule has 0 aliphatic rings. The van der Waals surface area contributed by atoms with E-state index in [9.17, 15) is 9.59 Å². The highest BCUT2D eigenvalue weighted by Crippen LogP contribution is 2.12. The van der Waals surface area contributed by atoms with Crippen LogP contribution in [-0.2, 0) is 4.79 Å². The smallest absolute Gasteiger partial charge is 0.240 e. The van der Waals surface area contributed by atoms with Gasteiger partial charge in [-0.2, -0.15) is 5.10 Å². The number of rotatable bonds is 14. The molecule has 0 saturated heterocycles. The molecule has 29 heavy (non-hydrogen) atoms. The second-order valence-electron chi connectivity index (χ2n) is 7.60. The van der Waals surface area contributed by atoms with Gasteiger partial charge in [0.1, 0.15) is 11.8 Å². The van der Waals surface area contributed by atoms with Crippen LogP contribution in [0.4, 0.5) is 0 Å². The van der Waals surface area contributed by atoms with Gasteiger partial charge in [0.2, 0.25) is 11.3 Å². The fraction of sp³-hybridized carbons (Fsp3) is 0.542. The molecule has 2 aromatic rings. The SMILES string of the molecule is CCCCCCCCCCCCCC(=O)N/N=C/c1coc2ccccc2c1=O. The van der Waals surface area contributed by atoms with Crippen molar-refractivity contribution in [2.75, 3.05) is 0 Å². The van der Waals surface area contributed by atoms with Gasteiger partial charge < -0.3 is 4.42 Å². The van der Waals surface area contributed by atoms with Crippen molar-refractivity contribution in [3.8, 4) is 0 Å². The number of carbonyl (C=O) groups is 1. The molecule has 0 radical (unpaired) electrons. The number of unbranched alkanes of at least 4 members (excludes halogenated alkanes) is 10. The van der Waals surface area contributed by atoms with Crippen molar-refractivity contribution in [3.63, 3.8) is 0 Å². The van der Waals surface area contributed by atoms with E-state index in [0.29, 0.717) is 23.0 Å². The zero-order valence-electron chi connectivity index (χ0n) is 17.6. The minimum atomic E-state index is -0.157. The number of benzene rings is 1. The lowest BCUT2D eigenvalue weighted by atomic mass is 10.1. The number of nitrogens with one attached hydrogen (secondary N) is 1. The third-order valence-corrected chi connectivity index (χ3v) is 5.11. The van der Waals surface area contributed by atoms with Crippen LogP contribution in [0.5, 0.6) is 0 Å². The average Bonchev–Trinajstić information content (AvgIpc) is 2.74. The molecule has 1 aromatic heterocycles. The molecule has 5 heteroatoms. The zero-order valence-corrected chi connectivity index (χ0v) is 17.6. The molecule has 0 aliphatic carbocycles. The molecule has 0 aliphatic heterocycles. The number of para-hydroxylation sites is 1. The van der Waals surface area contributed by atoms with E-state index in [1.807, 2.05) is 6.07 Å². The van der Waals surface area contributed by atoms with E-state index in [2.05, 4.69) is 17.5 Å². The van der Waals surface area contributed by atoms with Gasteiger partial charge in [0.15, 0.2) is 0 Å². The Hall–Kier alpha value is -2.43. The highest BCUT2D eigenvalue weighted by molar-refractivity contribution is 5.87. The van der Waals surface area contributed by atoms with Crippen LogP contribution in [0.25, 0.3) is 11.0 Å². The van der Waals surface area contributed by atoms with Crippen LogP contribution in [-0.4, -0.2) is 12.1 Å². The molecule has 0 saturated carbocycles. The van der Waals surface area contributed by atoms with Crippen molar-refractivity contribution in [1.29, 1.82) is 0 Å². The first kappa shape index (κ1) is 22.9. The van der Waals surface area contributed by atoms with Crippen molar-refractivity contribution < 1.29 is 9.21 Å². The minimum Gasteiger partial charge on any atom is -0.463 e. The topological polar surface area (TPSA) is 71.7 Å². The van der Waals surface area contributed by atoms with Crippen LogP contribution in [0, 0.1) is 0 Å². The molecule has 1 aromatic carbocycles. The summed E-state index contributed by atoms with van der Waals surface area (Å²) in [5.41, 5.74) is 3.19. The molecule has 1 heterocycles. The fourth-order valence-corrected chi connectivity index (χ4v) is 3.36. The zero-order chi connectivity index (χ0) is 20.7. The number of fused-ring (bicyclic) bond motifs is 1. The van der Waals surface area contributed by atoms with Gasteiger partial charge in [-0.3, -0.25) is 9.59 Å². The molecule has 0 unspecified atom stereocenters. The highest BCUT2D eigenvalue weighted by Gasteiger charge is 2.05. The quantitative estimate of drug-likeness (QED) is 0.243. The maximum absolute atomic E-state index is 12.3. The summed E-state index contributed by atoms with van der Waals surface area (Å²) in [6.45, 7) is 2.25. The Balaban J connectivity index is 1.56. The number of hydrogen-bond acceptors (Lipinski definition) is 4. The third kappa shape index (κ3) is 8.63. The molecule has 0 bridgehead atoms. The molecular weight excluding hydrogens is 364 g/mol. The van der Waals surface area contributed by atoms with Crippen LogP contribution in [0.1, 0.15) is 89.5 Å². The average molecular weight is 399 g/mol. The van der Waals surface area contributed by atoms with Gasteiger partial charge in [-0.15, -0.1) is 0 Å². The van der Waals surface area contributed by atoms with Crippen LogP contribution in [0.3, 0.4) is 0 Å². The lowest BCUT2D eigenvalue weighted by molar-refractivity contribution is -0.121. The summed E-state index contributed by atoms with van der Waals surface area (Å²) in [7, 11) is 0. The predicted molar refractivity (Wildman–Crippen MR) is 119 cm³/mol. The second-order valence-corrected chi connectivity index (χ2v) is 7.60. The molecule has 0 atom stereocenters. The van der Waals surface area contributed by atoms with Crippen molar-refractivity contribution in [3.05, 3.63) is 46.3 Å². The third-order valence-electron chi connectivity index (χ3n) is 5.11. The van der Waals surface area contributed by atoms with Crippen molar-refractivity contribution in [1.82, 2.24) is 5.43 Å². The van der Waals surface area contributed by atoms with Crippen LogP contribution >= 0.6 is 0 Å². The predicted octanol–water partition coefficient (Wildman–Crippen LogP) is 5.94. The first-order chi connectivity index (χ1) is 14.2. The number of carbonyl (C=O) groups excluding carboxylic acids is 1. The Kier molecular flexibility index (Phi) is 10.8. The lowest BCUT2D eigenvalue weighted by Gasteiger charge is -2.02. The number of amides is 1. The maximum atomic E-state index is 12.3. The Labute approximate surface area is 173 Å². The molecule has 2 rings (SSSR count). The molecule has 0 fully saturated rings. The summed E-state index contributed by atoms with van der Waals surface area (Å²) in [5.74, 6) is -0.123. The van der Waals surface area contributed by atoms with E-state index >= 15 is 0 Å². The van der Waals surface area contributed by atoms with Crippen LogP contribution in [0.2, 0.25) is 0 Å². The van der Waals surface area contributed by atoms with E-state index in [-0.39, 0.29) is 11.3 Å². The van der Waals surface area contributed by atoms with Crippen LogP contribution in [0.15, 0.2) is 44.8 Å². The summed E-state index contributed by atoms with van der Waals surface area (Å²) in [4.78, 5) is 24.2. The Morgan fingerprint density at radius 2 is 1.59 bits per heavy atom. The normalized spacial score (nSPS) is 11.3. The molecule has 1 amide bonds. The number of hydrazone groups is 1. The molecule has 5 nitrogen and oxygen atoms in total. The summed E-state index contributed by atoms with van der Waals surface area (Å²) < 4.78 is 5.42. The van der Waals surface area contributed by atoms with Gasteiger partial charge >= 0.3 is 0 Å². The first-order valence-corrected chi connectivity index (χ1v) is 11.0. The van der Waals surface area contributed by atoms with Gasteiger partial charge in [-0.1, -0.05) is 83.3 Å². The van der Waals surface area contributed by atoms with Crippen molar-refractivity contribution in [2.45, 2.75) is 84.0 Å². The highest BCUT2D eigenvalue weighted by atomic mass is 16.3. The van der Waals surface area contributed by atoms with Gasteiger partial charge in [0.25, 0.3) is 0 Å². The van der Waals surface area contributed by atoms with E-state index in [1.165, 1.54) is 70.3 Å². The largest absolute Gasteiger partial charge is 0.463 e. The summed E-state index contributed by atoms with van der Waals surface area (Å²) in [6.07, 6.45) is 17.0. The molecule has 0 spiro atoms. The van der Waals surface area contributed by atoms with E-state index in [1.54, 1.807) is 18.2 Å². The van der Waals surface area contributed by atoms with Crippen molar-refractivity contribution in [2.24, 2.45) is 5.10 Å². The lowest BCUT2D eigenvalue weighted by Crippen LogP contribution is -2.18. The number of nitrogens with zero attached hydrogens (tertiary/aromatic N) is 1. The summed E-state index contributed by atoms with van der Waals surface area (Å²) in [6, 6.07) is 7.06.